The summed E-state index contributed by atoms with van der Waals surface area (Å²) in [7, 11) is 3.19. The first-order valence-corrected chi connectivity index (χ1v) is 12.7. The molecule has 0 saturated heterocycles. The highest BCUT2D eigenvalue weighted by molar-refractivity contribution is 5.99. The molecule has 0 spiro atoms. The molecule has 3 aromatic carbocycles. The maximum atomic E-state index is 13.9. The first-order valence-electron chi connectivity index (χ1n) is 12.7. The maximum Gasteiger partial charge on any atom is 0.290 e. The number of hydrogen-bond acceptors (Lipinski definition) is 6. The third kappa shape index (κ3) is 4.38. The van der Waals surface area contributed by atoms with Gasteiger partial charge in [0.05, 0.1) is 37.8 Å². The van der Waals surface area contributed by atoms with Gasteiger partial charge in [-0.25, -0.2) is 0 Å². The summed E-state index contributed by atoms with van der Waals surface area (Å²) in [5.74, 6) is 1.74. The summed E-state index contributed by atoms with van der Waals surface area (Å²) < 4.78 is 22.7. The van der Waals surface area contributed by atoms with Crippen LogP contribution in [0, 0.1) is 13.8 Å². The van der Waals surface area contributed by atoms with Crippen LogP contribution in [0.4, 0.5) is 0 Å². The Bertz CT molecular complexity index is 1590. The lowest BCUT2D eigenvalue weighted by Crippen LogP contribution is -2.31. The SMILES string of the molecule is CCOc1cccc(C2c3c(oc4cc(C)c(C)cc4c3=O)C(=O)N2CCc2ccc(OC)c(OC)c2)c1. The lowest BCUT2D eigenvalue weighted by Gasteiger charge is -2.25. The van der Waals surface area contributed by atoms with Crippen molar-refractivity contribution in [3.63, 3.8) is 0 Å². The molecule has 7 heteroatoms. The van der Waals surface area contributed by atoms with E-state index in [9.17, 15) is 9.59 Å². The molecule has 1 aromatic heterocycles. The van der Waals surface area contributed by atoms with Crippen molar-refractivity contribution in [1.29, 1.82) is 0 Å². The normalized spacial score (nSPS) is 14.6. The summed E-state index contributed by atoms with van der Waals surface area (Å²) in [6.45, 7) is 6.72. The van der Waals surface area contributed by atoms with Crippen molar-refractivity contribution < 1.29 is 23.4 Å². The Kier molecular flexibility index (Phi) is 6.85. The summed E-state index contributed by atoms with van der Waals surface area (Å²) in [5, 5.41) is 0.479. The van der Waals surface area contributed by atoms with E-state index in [0.717, 1.165) is 22.3 Å². The Morgan fingerprint density at radius 1 is 0.921 bits per heavy atom. The van der Waals surface area contributed by atoms with Gasteiger partial charge in [-0.1, -0.05) is 18.2 Å². The molecule has 4 aromatic rings. The first kappa shape index (κ1) is 25.4. The van der Waals surface area contributed by atoms with Crippen molar-refractivity contribution in [2.75, 3.05) is 27.4 Å². The van der Waals surface area contributed by atoms with Crippen LogP contribution in [-0.2, 0) is 6.42 Å². The molecule has 0 bridgehead atoms. The number of hydrogen-bond donors (Lipinski definition) is 0. The highest BCUT2D eigenvalue weighted by Gasteiger charge is 2.42. The zero-order valence-electron chi connectivity index (χ0n) is 22.3. The summed E-state index contributed by atoms with van der Waals surface area (Å²) in [6, 6.07) is 16.3. The lowest BCUT2D eigenvalue weighted by atomic mass is 9.97. The minimum atomic E-state index is -0.597. The quantitative estimate of drug-likeness (QED) is 0.305. The smallest absolute Gasteiger partial charge is 0.290 e. The molecule has 196 valence electrons. The minimum Gasteiger partial charge on any atom is -0.494 e. The van der Waals surface area contributed by atoms with Gasteiger partial charge >= 0.3 is 0 Å². The van der Waals surface area contributed by atoms with E-state index >= 15 is 0 Å². The minimum absolute atomic E-state index is 0.102. The maximum absolute atomic E-state index is 13.9. The van der Waals surface area contributed by atoms with Gasteiger partial charge < -0.3 is 23.5 Å². The van der Waals surface area contributed by atoms with Crippen molar-refractivity contribution >= 4 is 16.9 Å². The second-order valence-corrected chi connectivity index (χ2v) is 9.45. The average Bonchev–Trinajstić information content (AvgIpc) is 3.20. The van der Waals surface area contributed by atoms with E-state index < -0.39 is 6.04 Å². The Labute approximate surface area is 221 Å². The molecular formula is C31H31NO6. The molecule has 1 atom stereocenters. The van der Waals surface area contributed by atoms with Gasteiger partial charge in [-0.05, 0) is 85.8 Å². The molecule has 1 aliphatic rings. The van der Waals surface area contributed by atoms with E-state index in [1.807, 2.05) is 75.4 Å². The highest BCUT2D eigenvalue weighted by Crippen LogP contribution is 2.39. The number of rotatable bonds is 8. The zero-order chi connectivity index (χ0) is 27.0. The Morgan fingerprint density at radius 3 is 2.42 bits per heavy atom. The summed E-state index contributed by atoms with van der Waals surface area (Å²) in [6.07, 6.45) is 0.549. The van der Waals surface area contributed by atoms with Crippen LogP contribution in [0.1, 0.15) is 51.3 Å². The van der Waals surface area contributed by atoms with E-state index in [4.69, 9.17) is 18.6 Å². The number of methoxy groups -OCH3 is 2. The van der Waals surface area contributed by atoms with Crippen molar-refractivity contribution in [1.82, 2.24) is 4.90 Å². The number of nitrogens with zero attached hydrogens (tertiary/aromatic N) is 1. The van der Waals surface area contributed by atoms with Gasteiger partial charge in [0.1, 0.15) is 11.3 Å². The summed E-state index contributed by atoms with van der Waals surface area (Å²) >= 11 is 0. The van der Waals surface area contributed by atoms with E-state index in [1.165, 1.54) is 0 Å². The molecule has 0 radical (unpaired) electrons. The number of aryl methyl sites for hydroxylation is 2. The molecule has 1 amide bonds. The molecule has 0 saturated carbocycles. The topological polar surface area (TPSA) is 78.2 Å². The third-order valence-electron chi connectivity index (χ3n) is 7.16. The van der Waals surface area contributed by atoms with Gasteiger partial charge in [-0.15, -0.1) is 0 Å². The molecule has 1 unspecified atom stereocenters. The van der Waals surface area contributed by atoms with Gasteiger partial charge in [0.25, 0.3) is 5.91 Å². The van der Waals surface area contributed by atoms with Crippen molar-refractivity contribution in [3.8, 4) is 17.2 Å². The number of carbonyl (C=O) groups excluding carboxylic acids is 1. The number of amides is 1. The molecule has 2 heterocycles. The van der Waals surface area contributed by atoms with Crippen molar-refractivity contribution in [3.05, 3.63) is 98.4 Å². The van der Waals surface area contributed by atoms with Crippen LogP contribution in [0.5, 0.6) is 17.2 Å². The van der Waals surface area contributed by atoms with Crippen molar-refractivity contribution in [2.45, 2.75) is 33.2 Å². The number of fused-ring (bicyclic) bond motifs is 2. The predicted octanol–water partition coefficient (Wildman–Crippen LogP) is 5.61. The predicted molar refractivity (Wildman–Crippen MR) is 146 cm³/mol. The second kappa shape index (κ2) is 10.2. The Morgan fingerprint density at radius 2 is 1.68 bits per heavy atom. The molecule has 0 fully saturated rings. The van der Waals surface area contributed by atoms with Gasteiger partial charge in [0, 0.05) is 6.54 Å². The standard InChI is InChI=1S/C31H31NO6/c1-6-37-22-9-7-8-21(17-22)28-27-29(33)23-14-18(2)19(3)15-25(23)38-30(27)31(34)32(28)13-12-20-10-11-24(35-4)26(16-20)36-5/h7-11,14-17,28H,6,12-13H2,1-5H3. The third-order valence-corrected chi connectivity index (χ3v) is 7.16. The second-order valence-electron chi connectivity index (χ2n) is 9.45. The zero-order valence-corrected chi connectivity index (χ0v) is 22.3. The fourth-order valence-corrected chi connectivity index (χ4v) is 5.08. The fourth-order valence-electron chi connectivity index (χ4n) is 5.08. The molecular weight excluding hydrogens is 482 g/mol. The van der Waals surface area contributed by atoms with E-state index in [1.54, 1.807) is 19.1 Å². The van der Waals surface area contributed by atoms with Crippen LogP contribution >= 0.6 is 0 Å². The molecule has 7 nitrogen and oxygen atoms in total. The van der Waals surface area contributed by atoms with Crippen molar-refractivity contribution in [2.24, 2.45) is 0 Å². The number of ether oxygens (including phenoxy) is 3. The van der Waals surface area contributed by atoms with Gasteiger partial charge in [0.15, 0.2) is 16.9 Å². The molecule has 0 N–H and O–H groups in total. The summed E-state index contributed by atoms with van der Waals surface area (Å²) in [5.41, 5.74) is 4.37. The first-order chi connectivity index (χ1) is 18.4. The van der Waals surface area contributed by atoms with E-state index in [0.29, 0.717) is 53.4 Å². The van der Waals surface area contributed by atoms with Crippen LogP contribution in [0.2, 0.25) is 0 Å². The summed E-state index contributed by atoms with van der Waals surface area (Å²) in [4.78, 5) is 29.4. The largest absolute Gasteiger partial charge is 0.494 e. The fraction of sp³-hybridized carbons (Fsp3) is 0.290. The molecule has 38 heavy (non-hydrogen) atoms. The van der Waals surface area contributed by atoms with E-state index in [-0.39, 0.29) is 17.1 Å². The molecule has 1 aliphatic heterocycles. The Balaban J connectivity index is 1.61. The van der Waals surface area contributed by atoms with Crippen LogP contribution in [0.3, 0.4) is 0 Å². The van der Waals surface area contributed by atoms with Gasteiger partial charge in [0.2, 0.25) is 5.76 Å². The van der Waals surface area contributed by atoms with Crippen LogP contribution in [0.25, 0.3) is 11.0 Å². The number of benzene rings is 3. The molecule has 0 aliphatic carbocycles. The monoisotopic (exact) mass is 513 g/mol. The number of carbonyl (C=O) groups is 1. The average molecular weight is 514 g/mol. The Hall–Kier alpha value is -4.26. The van der Waals surface area contributed by atoms with Crippen LogP contribution in [-0.4, -0.2) is 38.2 Å². The highest BCUT2D eigenvalue weighted by atomic mass is 16.5. The van der Waals surface area contributed by atoms with Crippen LogP contribution < -0.4 is 19.6 Å². The molecule has 5 rings (SSSR count). The van der Waals surface area contributed by atoms with Gasteiger partial charge in [-0.3, -0.25) is 9.59 Å². The van der Waals surface area contributed by atoms with Crippen LogP contribution in [0.15, 0.2) is 63.8 Å². The lowest BCUT2D eigenvalue weighted by molar-refractivity contribution is 0.0729. The van der Waals surface area contributed by atoms with E-state index in [2.05, 4.69) is 0 Å². The van der Waals surface area contributed by atoms with Gasteiger partial charge in [-0.2, -0.15) is 0 Å².